The molecule has 7 nitrogen and oxygen atoms in total. The van der Waals surface area contributed by atoms with Crippen molar-refractivity contribution in [3.8, 4) is 5.75 Å². The van der Waals surface area contributed by atoms with Crippen molar-refractivity contribution in [3.05, 3.63) is 29.3 Å². The molecule has 2 rings (SSSR count). The monoisotopic (exact) mass is 404 g/mol. The van der Waals surface area contributed by atoms with Crippen LogP contribution in [0.2, 0.25) is 0 Å². The number of carbonyl (C=O) groups is 1. The summed E-state index contributed by atoms with van der Waals surface area (Å²) >= 11 is 0. The first-order valence-electron chi connectivity index (χ1n) is 10.6. The van der Waals surface area contributed by atoms with Crippen LogP contribution >= 0.6 is 0 Å². The summed E-state index contributed by atoms with van der Waals surface area (Å²) in [5.41, 5.74) is 2.20. The third kappa shape index (κ3) is 8.31. The zero-order chi connectivity index (χ0) is 21.1. The van der Waals surface area contributed by atoms with Gasteiger partial charge in [-0.2, -0.15) is 0 Å². The van der Waals surface area contributed by atoms with Crippen molar-refractivity contribution < 1.29 is 14.3 Å². The fourth-order valence-corrected chi connectivity index (χ4v) is 2.96. The molecular weight excluding hydrogens is 368 g/mol. The molecule has 29 heavy (non-hydrogen) atoms. The number of aliphatic imine (C=N–C) groups is 1. The Morgan fingerprint density at radius 1 is 1.28 bits per heavy atom. The van der Waals surface area contributed by atoms with E-state index in [9.17, 15) is 4.79 Å². The largest absolute Gasteiger partial charge is 0.491 e. The second-order valence-electron chi connectivity index (χ2n) is 7.62. The van der Waals surface area contributed by atoms with E-state index in [2.05, 4.69) is 46.1 Å². The Labute approximate surface area is 174 Å². The highest BCUT2D eigenvalue weighted by molar-refractivity contribution is 5.80. The normalized spacial score (nSPS) is 16.7. The number of benzene rings is 1. The van der Waals surface area contributed by atoms with E-state index in [0.717, 1.165) is 48.8 Å². The van der Waals surface area contributed by atoms with Gasteiger partial charge in [-0.3, -0.25) is 4.79 Å². The topological polar surface area (TPSA) is 84.0 Å². The maximum absolute atomic E-state index is 11.6. The van der Waals surface area contributed by atoms with E-state index in [-0.39, 0.29) is 17.9 Å². The average molecular weight is 405 g/mol. The van der Waals surface area contributed by atoms with E-state index < -0.39 is 0 Å². The van der Waals surface area contributed by atoms with E-state index in [0.29, 0.717) is 26.2 Å². The number of carbonyl (C=O) groups excluding carboxylic acids is 1. The quantitative estimate of drug-likeness (QED) is 0.317. The van der Waals surface area contributed by atoms with Gasteiger partial charge in [-0.15, -0.1) is 0 Å². The molecule has 0 saturated carbocycles. The van der Waals surface area contributed by atoms with Crippen LogP contribution in [0.1, 0.15) is 44.7 Å². The zero-order valence-electron chi connectivity index (χ0n) is 18.2. The Morgan fingerprint density at radius 2 is 2.07 bits per heavy atom. The van der Waals surface area contributed by atoms with E-state index in [4.69, 9.17) is 9.47 Å². The maximum atomic E-state index is 11.6. The van der Waals surface area contributed by atoms with Gasteiger partial charge >= 0.3 is 0 Å². The molecule has 1 heterocycles. The van der Waals surface area contributed by atoms with Crippen molar-refractivity contribution in [2.75, 3.05) is 32.8 Å². The number of rotatable bonds is 10. The molecule has 1 aromatic carbocycles. The summed E-state index contributed by atoms with van der Waals surface area (Å²) in [7, 11) is 0. The Hall–Kier alpha value is -2.28. The molecule has 0 aromatic heterocycles. The fraction of sp³-hybridized carbons (Fsp3) is 0.636. The lowest BCUT2D eigenvalue weighted by molar-refractivity contribution is -0.123. The molecule has 1 saturated heterocycles. The van der Waals surface area contributed by atoms with Gasteiger partial charge in [0.15, 0.2) is 5.96 Å². The minimum absolute atomic E-state index is 0.00787. The minimum Gasteiger partial charge on any atom is -0.491 e. The Morgan fingerprint density at radius 3 is 2.76 bits per heavy atom. The summed E-state index contributed by atoms with van der Waals surface area (Å²) in [6.45, 7) is 11.7. The highest BCUT2D eigenvalue weighted by Gasteiger charge is 2.17. The predicted octanol–water partition coefficient (Wildman–Crippen LogP) is 2.38. The van der Waals surface area contributed by atoms with Gasteiger partial charge in [-0.25, -0.2) is 4.99 Å². The van der Waals surface area contributed by atoms with Crippen molar-refractivity contribution in [3.63, 3.8) is 0 Å². The Balaban J connectivity index is 1.91. The molecule has 0 aliphatic carbocycles. The standard InChI is InChI=1S/C22H36N4O3/c1-5-23-22(25-11-10-24-21(27)16(2)3)26-14-18-9-8-17(4)13-20(18)29-15-19-7-6-12-28-19/h8-9,13,16,19H,5-7,10-12,14-15H2,1-4H3,(H,24,27)(H2,23,25,26). The summed E-state index contributed by atoms with van der Waals surface area (Å²) in [4.78, 5) is 16.3. The van der Waals surface area contributed by atoms with Gasteiger partial charge in [0.1, 0.15) is 12.4 Å². The first-order chi connectivity index (χ1) is 14.0. The van der Waals surface area contributed by atoms with Crippen molar-refractivity contribution in [1.82, 2.24) is 16.0 Å². The number of aryl methyl sites for hydroxylation is 1. The third-order valence-corrected chi connectivity index (χ3v) is 4.66. The van der Waals surface area contributed by atoms with Crippen LogP contribution in [0.5, 0.6) is 5.75 Å². The van der Waals surface area contributed by atoms with Crippen LogP contribution in [0.15, 0.2) is 23.2 Å². The number of hydrogen-bond acceptors (Lipinski definition) is 4. The molecule has 1 fully saturated rings. The number of nitrogens with one attached hydrogen (secondary N) is 3. The second kappa shape index (κ2) is 12.3. The lowest BCUT2D eigenvalue weighted by Crippen LogP contribution is -2.42. The van der Waals surface area contributed by atoms with Crippen LogP contribution < -0.4 is 20.7 Å². The van der Waals surface area contributed by atoms with Crippen LogP contribution in [0.4, 0.5) is 0 Å². The van der Waals surface area contributed by atoms with Gasteiger partial charge in [0, 0.05) is 37.7 Å². The first kappa shape index (κ1) is 23.0. The van der Waals surface area contributed by atoms with Crippen molar-refractivity contribution in [2.45, 2.75) is 53.2 Å². The minimum atomic E-state index is -0.00787. The maximum Gasteiger partial charge on any atom is 0.222 e. The molecule has 1 amide bonds. The van der Waals surface area contributed by atoms with Gasteiger partial charge in [0.2, 0.25) is 5.91 Å². The van der Waals surface area contributed by atoms with Crippen LogP contribution in [0, 0.1) is 12.8 Å². The average Bonchev–Trinajstić information content (AvgIpc) is 3.21. The molecule has 1 aliphatic rings. The Kier molecular flexibility index (Phi) is 9.77. The molecule has 1 aromatic rings. The van der Waals surface area contributed by atoms with Gasteiger partial charge in [-0.05, 0) is 38.3 Å². The van der Waals surface area contributed by atoms with E-state index >= 15 is 0 Å². The SMILES string of the molecule is CCNC(=NCc1ccc(C)cc1OCC1CCCO1)NCCNC(=O)C(C)C. The smallest absolute Gasteiger partial charge is 0.222 e. The van der Waals surface area contributed by atoms with E-state index in [1.54, 1.807) is 0 Å². The van der Waals surface area contributed by atoms with Crippen LogP contribution in [-0.2, 0) is 16.1 Å². The summed E-state index contributed by atoms with van der Waals surface area (Å²) < 4.78 is 11.7. The van der Waals surface area contributed by atoms with Crippen LogP contribution in [0.25, 0.3) is 0 Å². The Bertz CT molecular complexity index is 670. The van der Waals surface area contributed by atoms with Crippen LogP contribution in [0.3, 0.4) is 0 Å². The fourth-order valence-electron chi connectivity index (χ4n) is 2.96. The predicted molar refractivity (Wildman–Crippen MR) is 116 cm³/mol. The van der Waals surface area contributed by atoms with E-state index in [1.165, 1.54) is 0 Å². The van der Waals surface area contributed by atoms with Crippen LogP contribution in [-0.4, -0.2) is 50.8 Å². The highest BCUT2D eigenvalue weighted by Crippen LogP contribution is 2.23. The summed E-state index contributed by atoms with van der Waals surface area (Å²) in [5, 5.41) is 9.39. The molecule has 0 radical (unpaired) electrons. The highest BCUT2D eigenvalue weighted by atomic mass is 16.5. The first-order valence-corrected chi connectivity index (χ1v) is 10.6. The number of hydrogen-bond donors (Lipinski definition) is 3. The van der Waals surface area contributed by atoms with Gasteiger partial charge in [0.25, 0.3) is 0 Å². The molecule has 0 bridgehead atoms. The molecule has 1 atom stereocenters. The number of amides is 1. The number of guanidine groups is 1. The zero-order valence-corrected chi connectivity index (χ0v) is 18.2. The molecule has 162 valence electrons. The van der Waals surface area contributed by atoms with Crippen molar-refractivity contribution >= 4 is 11.9 Å². The molecular formula is C22H36N4O3. The van der Waals surface area contributed by atoms with Crippen molar-refractivity contribution in [1.29, 1.82) is 0 Å². The second-order valence-corrected chi connectivity index (χ2v) is 7.62. The summed E-state index contributed by atoms with van der Waals surface area (Å²) in [5.74, 6) is 1.63. The lowest BCUT2D eigenvalue weighted by Gasteiger charge is -2.16. The number of nitrogens with zero attached hydrogens (tertiary/aromatic N) is 1. The molecule has 0 spiro atoms. The summed E-state index contributed by atoms with van der Waals surface area (Å²) in [6, 6.07) is 6.20. The summed E-state index contributed by atoms with van der Waals surface area (Å²) in [6.07, 6.45) is 2.35. The van der Waals surface area contributed by atoms with Gasteiger partial charge in [-0.1, -0.05) is 26.0 Å². The molecule has 1 unspecified atom stereocenters. The van der Waals surface area contributed by atoms with Gasteiger partial charge < -0.3 is 25.4 Å². The lowest BCUT2D eigenvalue weighted by atomic mass is 10.1. The van der Waals surface area contributed by atoms with Gasteiger partial charge in [0.05, 0.1) is 12.6 Å². The molecule has 7 heteroatoms. The molecule has 1 aliphatic heterocycles. The number of ether oxygens (including phenoxy) is 2. The van der Waals surface area contributed by atoms with Crippen molar-refractivity contribution in [2.24, 2.45) is 10.9 Å². The molecule has 3 N–H and O–H groups in total. The van der Waals surface area contributed by atoms with E-state index in [1.807, 2.05) is 20.8 Å². The third-order valence-electron chi connectivity index (χ3n) is 4.66.